The van der Waals surface area contributed by atoms with Crippen LogP contribution in [0.25, 0.3) is 0 Å². The van der Waals surface area contributed by atoms with E-state index < -0.39 is 8.80 Å². The van der Waals surface area contributed by atoms with Crippen LogP contribution in [0.1, 0.15) is 6.92 Å². The van der Waals surface area contributed by atoms with Crippen molar-refractivity contribution in [3.8, 4) is 0 Å². The Morgan fingerprint density at radius 3 is 1.50 bits per heavy atom. The average Bonchev–Trinajstić information content (AvgIpc) is 2.18. The standard InChI is InChI=1S/C10H25N3O2Si/c1-9-10(14-8)15-16(11(2)3,12(4)5)13(6)7/h9H,1-8H3/b10-9-. The summed E-state index contributed by atoms with van der Waals surface area (Å²) in [5.41, 5.74) is 0. The van der Waals surface area contributed by atoms with Gasteiger partial charge in [-0.3, -0.25) is 13.7 Å². The van der Waals surface area contributed by atoms with Crippen LogP contribution in [-0.2, 0) is 9.16 Å². The summed E-state index contributed by atoms with van der Waals surface area (Å²) in [7, 11) is 11.4. The number of hydrogen-bond acceptors (Lipinski definition) is 5. The van der Waals surface area contributed by atoms with Gasteiger partial charge in [-0.05, 0) is 55.3 Å². The molecule has 0 N–H and O–H groups in total. The number of ether oxygens (including phenoxy) is 1. The Bertz CT molecular complexity index is 220. The molecule has 0 radical (unpaired) electrons. The van der Waals surface area contributed by atoms with E-state index in [1.807, 2.05) is 55.3 Å². The molecule has 0 amide bonds. The maximum absolute atomic E-state index is 6.08. The molecule has 0 saturated carbocycles. The fourth-order valence-electron chi connectivity index (χ4n) is 1.83. The summed E-state index contributed by atoms with van der Waals surface area (Å²) in [6.07, 6.45) is 1.83. The van der Waals surface area contributed by atoms with Crippen molar-refractivity contribution in [1.29, 1.82) is 0 Å². The van der Waals surface area contributed by atoms with E-state index >= 15 is 0 Å². The molecule has 0 atom stereocenters. The van der Waals surface area contributed by atoms with Crippen LogP contribution in [0.4, 0.5) is 0 Å². The van der Waals surface area contributed by atoms with Gasteiger partial charge in [0, 0.05) is 0 Å². The molecule has 0 aliphatic heterocycles. The summed E-state index contributed by atoms with van der Waals surface area (Å²) in [5, 5.41) is 0. The van der Waals surface area contributed by atoms with Crippen molar-refractivity contribution in [1.82, 2.24) is 13.7 Å². The van der Waals surface area contributed by atoms with Crippen molar-refractivity contribution in [2.24, 2.45) is 0 Å². The third-order valence-corrected chi connectivity index (χ3v) is 6.39. The minimum absolute atomic E-state index is 0.558. The molecule has 0 aliphatic rings. The van der Waals surface area contributed by atoms with Gasteiger partial charge in [0.2, 0.25) is 0 Å². The topological polar surface area (TPSA) is 28.2 Å². The van der Waals surface area contributed by atoms with Gasteiger partial charge in [0.15, 0.2) is 0 Å². The van der Waals surface area contributed by atoms with Gasteiger partial charge in [-0.15, -0.1) is 0 Å². The predicted molar refractivity (Wildman–Crippen MR) is 68.7 cm³/mol. The van der Waals surface area contributed by atoms with E-state index in [9.17, 15) is 0 Å². The van der Waals surface area contributed by atoms with Crippen molar-refractivity contribution < 1.29 is 9.16 Å². The summed E-state index contributed by atoms with van der Waals surface area (Å²) in [5.74, 6) is 0.558. The number of rotatable bonds is 6. The normalized spacial score (nSPS) is 13.8. The first-order chi connectivity index (χ1) is 7.32. The second-order valence-corrected chi connectivity index (χ2v) is 8.21. The van der Waals surface area contributed by atoms with Crippen LogP contribution >= 0.6 is 0 Å². The molecule has 6 heteroatoms. The zero-order chi connectivity index (χ0) is 12.9. The molecule has 96 valence electrons. The van der Waals surface area contributed by atoms with Crippen molar-refractivity contribution in [3.05, 3.63) is 12.0 Å². The summed E-state index contributed by atoms with van der Waals surface area (Å²) in [6.45, 7) is 1.90. The molecule has 5 nitrogen and oxygen atoms in total. The van der Waals surface area contributed by atoms with Crippen LogP contribution in [0.5, 0.6) is 0 Å². The average molecular weight is 247 g/mol. The minimum Gasteiger partial charge on any atom is -0.479 e. The van der Waals surface area contributed by atoms with Gasteiger partial charge in [-0.25, -0.2) is 0 Å². The number of hydrogen-bond donors (Lipinski definition) is 0. The zero-order valence-corrected chi connectivity index (χ0v) is 12.7. The van der Waals surface area contributed by atoms with Crippen LogP contribution < -0.4 is 0 Å². The third kappa shape index (κ3) is 2.97. The summed E-state index contributed by atoms with van der Waals surface area (Å²) in [6, 6.07) is 0. The van der Waals surface area contributed by atoms with E-state index in [-0.39, 0.29) is 0 Å². The zero-order valence-electron chi connectivity index (χ0n) is 11.7. The highest BCUT2D eigenvalue weighted by atomic mass is 28.4. The van der Waals surface area contributed by atoms with E-state index in [1.54, 1.807) is 7.11 Å². The summed E-state index contributed by atoms with van der Waals surface area (Å²) < 4.78 is 17.6. The van der Waals surface area contributed by atoms with Crippen molar-refractivity contribution in [2.75, 3.05) is 49.4 Å². The van der Waals surface area contributed by atoms with Gasteiger partial charge in [-0.1, -0.05) is 0 Å². The second kappa shape index (κ2) is 6.24. The molecular formula is C10H25N3O2Si. The maximum atomic E-state index is 6.08. The highest BCUT2D eigenvalue weighted by Crippen LogP contribution is 2.18. The van der Waals surface area contributed by atoms with Gasteiger partial charge < -0.3 is 9.16 Å². The second-order valence-electron chi connectivity index (χ2n) is 4.17. The molecule has 0 aromatic carbocycles. The lowest BCUT2D eigenvalue weighted by atomic mass is 10.7. The first-order valence-corrected chi connectivity index (χ1v) is 6.99. The molecule has 0 unspecified atom stereocenters. The molecule has 0 aromatic heterocycles. The molecular weight excluding hydrogens is 222 g/mol. The maximum Gasteiger partial charge on any atom is 0.512 e. The van der Waals surface area contributed by atoms with E-state index in [0.29, 0.717) is 5.95 Å². The Morgan fingerprint density at radius 1 is 0.938 bits per heavy atom. The quantitative estimate of drug-likeness (QED) is 0.507. The Morgan fingerprint density at radius 2 is 1.31 bits per heavy atom. The SMILES string of the molecule is C/C=C(/OC)O[Si](N(C)C)(N(C)C)N(C)C. The van der Waals surface area contributed by atoms with Gasteiger partial charge in [0.05, 0.1) is 7.11 Å². The van der Waals surface area contributed by atoms with Crippen LogP contribution in [0, 0.1) is 0 Å². The van der Waals surface area contributed by atoms with Crippen LogP contribution in [0.2, 0.25) is 0 Å². The molecule has 0 fully saturated rings. The molecule has 0 saturated heterocycles. The lowest BCUT2D eigenvalue weighted by molar-refractivity contribution is 0.0942. The van der Waals surface area contributed by atoms with Crippen molar-refractivity contribution in [3.63, 3.8) is 0 Å². The largest absolute Gasteiger partial charge is 0.512 e. The minimum atomic E-state index is -2.33. The number of methoxy groups -OCH3 is 1. The number of allylic oxidation sites excluding steroid dienone is 1. The van der Waals surface area contributed by atoms with Crippen LogP contribution in [0.15, 0.2) is 12.0 Å². The fourth-order valence-corrected chi connectivity index (χ4v) is 5.25. The molecule has 0 aromatic rings. The van der Waals surface area contributed by atoms with E-state index in [1.165, 1.54) is 0 Å². The van der Waals surface area contributed by atoms with Gasteiger partial charge >= 0.3 is 8.80 Å². The lowest BCUT2D eigenvalue weighted by Crippen LogP contribution is -2.71. The lowest BCUT2D eigenvalue weighted by Gasteiger charge is -2.44. The predicted octanol–water partition coefficient (Wildman–Crippen LogP) is 0.631. The molecule has 0 heterocycles. The smallest absolute Gasteiger partial charge is 0.479 e. The van der Waals surface area contributed by atoms with Gasteiger partial charge in [-0.2, -0.15) is 0 Å². The van der Waals surface area contributed by atoms with Gasteiger partial charge in [0.1, 0.15) is 0 Å². The summed E-state index contributed by atoms with van der Waals surface area (Å²) >= 11 is 0. The van der Waals surface area contributed by atoms with Crippen molar-refractivity contribution >= 4 is 8.80 Å². The molecule has 0 spiro atoms. The number of nitrogens with zero attached hydrogens (tertiary/aromatic N) is 3. The van der Waals surface area contributed by atoms with E-state index in [4.69, 9.17) is 9.16 Å². The first kappa shape index (κ1) is 15.4. The Kier molecular flexibility index (Phi) is 6.02. The summed E-state index contributed by atoms with van der Waals surface area (Å²) in [4.78, 5) is 0. The molecule has 0 aliphatic carbocycles. The highest BCUT2D eigenvalue weighted by Gasteiger charge is 2.49. The highest BCUT2D eigenvalue weighted by molar-refractivity contribution is 6.65. The van der Waals surface area contributed by atoms with Crippen LogP contribution in [-0.4, -0.2) is 71.9 Å². The van der Waals surface area contributed by atoms with Crippen molar-refractivity contribution in [2.45, 2.75) is 6.92 Å². The monoisotopic (exact) mass is 247 g/mol. The fraction of sp³-hybridized carbons (Fsp3) is 0.800. The molecule has 0 bridgehead atoms. The third-order valence-electron chi connectivity index (χ3n) is 2.42. The molecule has 16 heavy (non-hydrogen) atoms. The van der Waals surface area contributed by atoms with Gasteiger partial charge in [0.25, 0.3) is 5.95 Å². The van der Waals surface area contributed by atoms with E-state index in [2.05, 4.69) is 13.7 Å². The Hall–Kier alpha value is -0.563. The Labute approximate surface area is 101 Å². The van der Waals surface area contributed by atoms with E-state index in [0.717, 1.165) is 0 Å². The van der Waals surface area contributed by atoms with Crippen LogP contribution in [0.3, 0.4) is 0 Å². The Balaban J connectivity index is 5.20. The molecule has 0 rings (SSSR count). The first-order valence-electron chi connectivity index (χ1n) is 5.24.